The van der Waals surface area contributed by atoms with Crippen molar-refractivity contribution in [1.82, 2.24) is 34.5 Å². The van der Waals surface area contributed by atoms with Gasteiger partial charge in [0.25, 0.3) is 0 Å². The lowest BCUT2D eigenvalue weighted by Gasteiger charge is -2.12. The number of rotatable bonds is 6. The van der Waals surface area contributed by atoms with E-state index in [1.807, 2.05) is 30.3 Å². The molecule has 0 aliphatic heterocycles. The van der Waals surface area contributed by atoms with E-state index >= 15 is 0 Å². The number of para-hydroxylation sites is 1. The van der Waals surface area contributed by atoms with Gasteiger partial charge < -0.3 is 5.32 Å². The number of aromatic nitrogens is 7. The summed E-state index contributed by atoms with van der Waals surface area (Å²) in [5, 5.41) is 12.4. The summed E-state index contributed by atoms with van der Waals surface area (Å²) < 4.78 is 16.6. The molecule has 38 heavy (non-hydrogen) atoms. The van der Waals surface area contributed by atoms with Crippen LogP contribution in [-0.4, -0.2) is 40.6 Å². The van der Waals surface area contributed by atoms with Crippen LogP contribution in [0.3, 0.4) is 0 Å². The zero-order chi connectivity index (χ0) is 25.5. The Kier molecular flexibility index (Phi) is 5.62. The van der Waals surface area contributed by atoms with E-state index < -0.39 is 0 Å². The van der Waals surface area contributed by atoms with Crippen molar-refractivity contribution in [2.75, 3.05) is 10.6 Å². The van der Waals surface area contributed by atoms with E-state index in [1.54, 1.807) is 22.8 Å². The van der Waals surface area contributed by atoms with Crippen LogP contribution in [0.5, 0.6) is 0 Å². The van der Waals surface area contributed by atoms with Gasteiger partial charge in [0.2, 0.25) is 11.9 Å². The molecule has 4 aromatic heterocycles. The monoisotopic (exact) mass is 523 g/mol. The van der Waals surface area contributed by atoms with Crippen molar-refractivity contribution in [2.24, 2.45) is 0 Å². The number of nitrogens with one attached hydrogen (secondary N) is 2. The van der Waals surface area contributed by atoms with Gasteiger partial charge in [-0.15, -0.1) is 0 Å². The van der Waals surface area contributed by atoms with Crippen molar-refractivity contribution in [3.05, 3.63) is 72.9 Å². The first-order chi connectivity index (χ1) is 18.7. The Labute approximate surface area is 220 Å². The van der Waals surface area contributed by atoms with Crippen molar-refractivity contribution in [3.8, 4) is 22.5 Å². The van der Waals surface area contributed by atoms with Gasteiger partial charge >= 0.3 is 0 Å². The fraction of sp³-hybridized carbons (Fsp3) is 0.185. The molecule has 7 rings (SSSR count). The van der Waals surface area contributed by atoms with Crippen LogP contribution < -0.4 is 10.6 Å². The van der Waals surface area contributed by atoms with E-state index in [0.717, 1.165) is 28.6 Å². The van der Waals surface area contributed by atoms with Crippen LogP contribution in [-0.2, 0) is 0 Å². The molecule has 9 nitrogen and oxygen atoms in total. The van der Waals surface area contributed by atoms with E-state index in [-0.39, 0.29) is 5.82 Å². The zero-order valence-electron chi connectivity index (χ0n) is 20.2. The Morgan fingerprint density at radius 1 is 0.921 bits per heavy atom. The Morgan fingerprint density at radius 3 is 2.61 bits per heavy atom. The summed E-state index contributed by atoms with van der Waals surface area (Å²) in [4.78, 5) is 22.9. The number of hydrogen-bond donors (Lipinski definition) is 2. The molecular weight excluding hydrogens is 501 g/mol. The normalized spacial score (nSPS) is 13.9. The highest BCUT2D eigenvalue weighted by Gasteiger charge is 2.23. The summed E-state index contributed by atoms with van der Waals surface area (Å²) in [5.41, 5.74) is 4.23. The molecule has 188 valence electrons. The van der Waals surface area contributed by atoms with Crippen LogP contribution in [0.25, 0.3) is 38.4 Å². The maximum absolute atomic E-state index is 13.8. The molecule has 1 fully saturated rings. The molecule has 1 saturated carbocycles. The van der Waals surface area contributed by atoms with E-state index in [9.17, 15) is 4.39 Å². The SMILES string of the molecule is Fc1ccc(-c2nn3c(NC4CCCC4)ncnc3c2-c2ccnc(Nc3nc4ccccc4s3)n2)cc1. The second kappa shape index (κ2) is 9.42. The first-order valence-electron chi connectivity index (χ1n) is 12.4. The highest BCUT2D eigenvalue weighted by molar-refractivity contribution is 7.22. The molecule has 0 amide bonds. The van der Waals surface area contributed by atoms with Gasteiger partial charge in [-0.2, -0.15) is 9.61 Å². The first-order valence-corrected chi connectivity index (χ1v) is 13.3. The van der Waals surface area contributed by atoms with Gasteiger partial charge in [0.1, 0.15) is 17.8 Å². The van der Waals surface area contributed by atoms with Crippen molar-refractivity contribution in [2.45, 2.75) is 31.7 Å². The van der Waals surface area contributed by atoms with E-state index in [1.165, 1.54) is 42.6 Å². The predicted octanol–water partition coefficient (Wildman–Crippen LogP) is 6.10. The highest BCUT2D eigenvalue weighted by atomic mass is 32.1. The summed E-state index contributed by atoms with van der Waals surface area (Å²) in [5.74, 6) is 0.717. The Hall–Kier alpha value is -4.51. The molecule has 0 atom stereocenters. The third-order valence-corrected chi connectivity index (χ3v) is 7.60. The van der Waals surface area contributed by atoms with Gasteiger partial charge in [-0.05, 0) is 55.3 Å². The predicted molar refractivity (Wildman–Crippen MR) is 146 cm³/mol. The maximum Gasteiger partial charge on any atom is 0.229 e. The fourth-order valence-electron chi connectivity index (χ4n) is 4.85. The second-order valence-corrected chi connectivity index (χ2v) is 10.2. The van der Waals surface area contributed by atoms with Crippen molar-refractivity contribution >= 4 is 44.2 Å². The summed E-state index contributed by atoms with van der Waals surface area (Å²) in [7, 11) is 0. The van der Waals surface area contributed by atoms with Crippen LogP contribution in [0.15, 0.2) is 67.1 Å². The molecule has 0 spiro atoms. The van der Waals surface area contributed by atoms with Gasteiger partial charge in [0, 0.05) is 17.8 Å². The van der Waals surface area contributed by atoms with Crippen LogP contribution in [0.4, 0.5) is 21.4 Å². The summed E-state index contributed by atoms with van der Waals surface area (Å²) in [6.45, 7) is 0. The molecule has 4 heterocycles. The number of anilines is 3. The average Bonchev–Trinajstić information content (AvgIpc) is 3.68. The minimum atomic E-state index is -0.313. The lowest BCUT2D eigenvalue weighted by Crippen LogP contribution is -2.18. The molecule has 0 bridgehead atoms. The van der Waals surface area contributed by atoms with Crippen LogP contribution in [0.2, 0.25) is 0 Å². The van der Waals surface area contributed by atoms with Gasteiger partial charge in [0.05, 0.1) is 21.5 Å². The smallest absolute Gasteiger partial charge is 0.229 e. The second-order valence-electron chi connectivity index (χ2n) is 9.17. The molecule has 0 unspecified atom stereocenters. The average molecular weight is 524 g/mol. The number of benzene rings is 2. The molecule has 0 radical (unpaired) electrons. The van der Waals surface area contributed by atoms with Gasteiger partial charge in [-0.3, -0.25) is 5.32 Å². The summed E-state index contributed by atoms with van der Waals surface area (Å²) in [6.07, 6.45) is 7.81. The van der Waals surface area contributed by atoms with Crippen molar-refractivity contribution in [1.29, 1.82) is 0 Å². The topological polar surface area (TPSA) is 106 Å². The van der Waals surface area contributed by atoms with Gasteiger partial charge in [-0.1, -0.05) is 36.3 Å². The van der Waals surface area contributed by atoms with Gasteiger partial charge in [0.15, 0.2) is 10.8 Å². The highest BCUT2D eigenvalue weighted by Crippen LogP contribution is 2.35. The minimum Gasteiger partial charge on any atom is -0.351 e. The van der Waals surface area contributed by atoms with Gasteiger partial charge in [-0.25, -0.2) is 29.3 Å². The number of nitrogens with zero attached hydrogens (tertiary/aromatic N) is 7. The third-order valence-electron chi connectivity index (χ3n) is 6.65. The Balaban J connectivity index is 1.34. The van der Waals surface area contributed by atoms with E-state index in [4.69, 9.17) is 10.1 Å². The third kappa shape index (κ3) is 4.20. The van der Waals surface area contributed by atoms with Crippen LogP contribution in [0.1, 0.15) is 25.7 Å². The lowest BCUT2D eigenvalue weighted by molar-refractivity contribution is 0.628. The minimum absolute atomic E-state index is 0.313. The largest absolute Gasteiger partial charge is 0.351 e. The maximum atomic E-state index is 13.8. The molecule has 0 saturated heterocycles. The first kappa shape index (κ1) is 22.7. The van der Waals surface area contributed by atoms with E-state index in [0.29, 0.717) is 45.7 Å². The van der Waals surface area contributed by atoms with Crippen molar-refractivity contribution < 1.29 is 4.39 Å². The summed E-state index contributed by atoms with van der Waals surface area (Å²) in [6, 6.07) is 16.4. The number of fused-ring (bicyclic) bond motifs is 2. The molecule has 11 heteroatoms. The lowest BCUT2D eigenvalue weighted by atomic mass is 10.1. The van der Waals surface area contributed by atoms with Crippen LogP contribution >= 0.6 is 11.3 Å². The molecule has 6 aromatic rings. The Bertz CT molecular complexity index is 1720. The molecular formula is C27H22FN9S. The number of hydrogen-bond acceptors (Lipinski definition) is 9. The number of halogens is 1. The fourth-order valence-corrected chi connectivity index (χ4v) is 5.70. The Morgan fingerprint density at radius 2 is 1.76 bits per heavy atom. The zero-order valence-corrected chi connectivity index (χ0v) is 21.0. The standard InChI is InChI=1S/C27H22FN9S/c28-17-11-9-16(10-12-17)23-22(24-30-15-31-26(37(24)36-23)32-18-5-1-2-6-18)20-13-14-29-25(33-20)35-27-34-19-7-3-4-8-21(19)38-27/h3-4,7-15,18H,1-2,5-6H2,(H,30,31,32)(H,29,33,34,35). The van der Waals surface area contributed by atoms with E-state index in [2.05, 4.69) is 30.6 Å². The number of thiazole rings is 1. The quantitative estimate of drug-likeness (QED) is 0.270. The molecule has 2 N–H and O–H groups in total. The molecule has 2 aromatic carbocycles. The van der Waals surface area contributed by atoms with Crippen molar-refractivity contribution in [3.63, 3.8) is 0 Å². The van der Waals surface area contributed by atoms with Crippen LogP contribution in [0, 0.1) is 5.82 Å². The molecule has 1 aliphatic carbocycles. The summed E-state index contributed by atoms with van der Waals surface area (Å²) >= 11 is 1.53. The molecule has 1 aliphatic rings.